The fourth-order valence-electron chi connectivity index (χ4n) is 3.38. The molecule has 16 heavy (non-hydrogen) atoms. The zero-order valence-electron chi connectivity index (χ0n) is 9.65. The van der Waals surface area contributed by atoms with Crippen LogP contribution in [0.5, 0.6) is 0 Å². The summed E-state index contributed by atoms with van der Waals surface area (Å²) in [6, 6.07) is 0.474. The average molecular weight is 224 g/mol. The lowest BCUT2D eigenvalue weighted by atomic mass is 10.00. The number of nitrogens with zero attached hydrogens (tertiary/aromatic N) is 1. The van der Waals surface area contributed by atoms with Crippen molar-refractivity contribution in [2.45, 2.75) is 31.7 Å². The number of nitrogens with one attached hydrogen (secondary N) is 1. The van der Waals surface area contributed by atoms with E-state index in [4.69, 9.17) is 4.74 Å². The maximum absolute atomic E-state index is 11.8. The number of cyclic esters (lactones) is 1. The van der Waals surface area contributed by atoms with E-state index in [1.807, 2.05) is 4.90 Å². The van der Waals surface area contributed by atoms with Crippen LogP contribution in [0, 0.1) is 11.8 Å². The first-order valence-corrected chi connectivity index (χ1v) is 6.48. The number of hydrogen-bond acceptors (Lipinski definition) is 3. The van der Waals surface area contributed by atoms with Crippen molar-refractivity contribution in [2.75, 3.05) is 26.2 Å². The Labute approximate surface area is 96.3 Å². The van der Waals surface area contributed by atoms with Crippen LogP contribution in [-0.4, -0.2) is 43.3 Å². The van der Waals surface area contributed by atoms with Crippen LogP contribution in [0.25, 0.3) is 0 Å². The number of carbonyl (C=O) groups excluding carboxylic acids is 1. The van der Waals surface area contributed by atoms with Gasteiger partial charge in [0.1, 0.15) is 0 Å². The van der Waals surface area contributed by atoms with Gasteiger partial charge in [-0.1, -0.05) is 6.42 Å². The molecular formula is C12H20N2O2. The largest absolute Gasteiger partial charge is 0.449 e. The second-order valence-corrected chi connectivity index (χ2v) is 5.35. The number of hydrogen-bond donors (Lipinski definition) is 1. The van der Waals surface area contributed by atoms with Gasteiger partial charge in [-0.05, 0) is 38.3 Å². The zero-order chi connectivity index (χ0) is 11.0. The van der Waals surface area contributed by atoms with Crippen molar-refractivity contribution in [1.82, 2.24) is 10.2 Å². The van der Waals surface area contributed by atoms with Crippen molar-refractivity contribution >= 4 is 6.09 Å². The van der Waals surface area contributed by atoms with E-state index >= 15 is 0 Å². The van der Waals surface area contributed by atoms with Gasteiger partial charge in [0.2, 0.25) is 0 Å². The Balaban J connectivity index is 1.67. The molecular weight excluding hydrogens is 204 g/mol. The van der Waals surface area contributed by atoms with Crippen LogP contribution < -0.4 is 5.32 Å². The Morgan fingerprint density at radius 3 is 3.12 bits per heavy atom. The van der Waals surface area contributed by atoms with E-state index in [9.17, 15) is 4.79 Å². The quantitative estimate of drug-likeness (QED) is 0.766. The molecule has 3 aliphatic rings. The van der Waals surface area contributed by atoms with Crippen molar-refractivity contribution in [3.05, 3.63) is 0 Å². The van der Waals surface area contributed by atoms with Crippen LogP contribution in [0.15, 0.2) is 0 Å². The summed E-state index contributed by atoms with van der Waals surface area (Å²) in [5, 5.41) is 3.36. The van der Waals surface area contributed by atoms with E-state index in [-0.39, 0.29) is 6.09 Å². The molecule has 0 spiro atoms. The van der Waals surface area contributed by atoms with Crippen molar-refractivity contribution in [2.24, 2.45) is 11.8 Å². The standard InChI is InChI=1S/C12H20N2O2/c15-12-14(7-9-4-5-13-6-9)11-3-1-2-10(11)8-16-12/h9-11,13H,1-8H2. The molecule has 2 saturated heterocycles. The summed E-state index contributed by atoms with van der Waals surface area (Å²) >= 11 is 0. The highest BCUT2D eigenvalue weighted by Crippen LogP contribution is 2.34. The summed E-state index contributed by atoms with van der Waals surface area (Å²) in [5.41, 5.74) is 0. The predicted octanol–water partition coefficient (Wildman–Crippen LogP) is 1.22. The lowest BCUT2D eigenvalue weighted by Crippen LogP contribution is -2.50. The average Bonchev–Trinajstić information content (AvgIpc) is 2.92. The maximum Gasteiger partial charge on any atom is 0.410 e. The second kappa shape index (κ2) is 4.24. The topological polar surface area (TPSA) is 41.6 Å². The lowest BCUT2D eigenvalue weighted by Gasteiger charge is -2.38. The minimum absolute atomic E-state index is 0.0740. The van der Waals surface area contributed by atoms with Crippen LogP contribution >= 0.6 is 0 Å². The monoisotopic (exact) mass is 224 g/mol. The lowest BCUT2D eigenvalue weighted by molar-refractivity contribution is 0.0136. The Morgan fingerprint density at radius 1 is 1.38 bits per heavy atom. The Hall–Kier alpha value is -0.770. The molecule has 90 valence electrons. The number of carbonyl (C=O) groups is 1. The highest BCUT2D eigenvalue weighted by Gasteiger charge is 2.41. The Kier molecular flexibility index (Phi) is 2.75. The van der Waals surface area contributed by atoms with Gasteiger partial charge < -0.3 is 15.0 Å². The fraction of sp³-hybridized carbons (Fsp3) is 0.917. The van der Waals surface area contributed by atoms with Crippen LogP contribution in [0.1, 0.15) is 25.7 Å². The third-order valence-corrected chi connectivity index (χ3v) is 4.29. The van der Waals surface area contributed by atoms with Gasteiger partial charge in [0, 0.05) is 18.5 Å². The first-order valence-electron chi connectivity index (χ1n) is 6.48. The molecule has 0 bridgehead atoms. The second-order valence-electron chi connectivity index (χ2n) is 5.35. The third-order valence-electron chi connectivity index (χ3n) is 4.29. The number of amides is 1. The molecule has 3 fully saturated rings. The number of rotatable bonds is 2. The SMILES string of the molecule is O=C1OCC2CCCC2N1CC1CCNC1. The molecule has 1 amide bonds. The van der Waals surface area contributed by atoms with E-state index in [0.29, 0.717) is 24.5 Å². The Morgan fingerprint density at radius 2 is 2.31 bits per heavy atom. The molecule has 0 radical (unpaired) electrons. The molecule has 0 aromatic carbocycles. The summed E-state index contributed by atoms with van der Waals surface area (Å²) in [5.74, 6) is 1.24. The van der Waals surface area contributed by atoms with Crippen LogP contribution in [-0.2, 0) is 4.74 Å². The minimum atomic E-state index is -0.0740. The molecule has 3 rings (SSSR count). The normalized spacial score (nSPS) is 38.6. The fourth-order valence-corrected chi connectivity index (χ4v) is 3.38. The minimum Gasteiger partial charge on any atom is -0.449 e. The van der Waals surface area contributed by atoms with Gasteiger partial charge in [-0.25, -0.2) is 4.79 Å². The highest BCUT2D eigenvalue weighted by atomic mass is 16.6. The highest BCUT2D eigenvalue weighted by molar-refractivity contribution is 5.69. The zero-order valence-corrected chi connectivity index (χ0v) is 9.65. The van der Waals surface area contributed by atoms with Crippen molar-refractivity contribution < 1.29 is 9.53 Å². The molecule has 2 aliphatic heterocycles. The summed E-state index contributed by atoms with van der Waals surface area (Å²) in [6.07, 6.45) is 4.79. The molecule has 0 aromatic rings. The molecule has 1 saturated carbocycles. The maximum atomic E-state index is 11.8. The van der Waals surface area contributed by atoms with Crippen LogP contribution in [0.2, 0.25) is 0 Å². The molecule has 4 heteroatoms. The van der Waals surface area contributed by atoms with Gasteiger partial charge in [0.25, 0.3) is 0 Å². The van der Waals surface area contributed by atoms with Crippen LogP contribution in [0.3, 0.4) is 0 Å². The first-order chi connectivity index (χ1) is 7.84. The van der Waals surface area contributed by atoms with E-state index in [2.05, 4.69) is 5.32 Å². The molecule has 0 aromatic heterocycles. The van der Waals surface area contributed by atoms with E-state index in [1.54, 1.807) is 0 Å². The van der Waals surface area contributed by atoms with E-state index in [1.165, 1.54) is 25.7 Å². The van der Waals surface area contributed by atoms with Crippen molar-refractivity contribution in [3.63, 3.8) is 0 Å². The molecule has 2 heterocycles. The van der Waals surface area contributed by atoms with E-state index in [0.717, 1.165) is 19.6 Å². The molecule has 1 N–H and O–H groups in total. The van der Waals surface area contributed by atoms with Gasteiger partial charge in [-0.2, -0.15) is 0 Å². The van der Waals surface area contributed by atoms with Gasteiger partial charge in [-0.15, -0.1) is 0 Å². The van der Waals surface area contributed by atoms with Gasteiger partial charge >= 0.3 is 6.09 Å². The number of ether oxygens (including phenoxy) is 1. The van der Waals surface area contributed by atoms with Gasteiger partial charge in [-0.3, -0.25) is 0 Å². The van der Waals surface area contributed by atoms with E-state index < -0.39 is 0 Å². The third kappa shape index (κ3) is 1.79. The predicted molar refractivity (Wildman–Crippen MR) is 60.2 cm³/mol. The van der Waals surface area contributed by atoms with Gasteiger partial charge in [0.15, 0.2) is 0 Å². The number of fused-ring (bicyclic) bond motifs is 1. The van der Waals surface area contributed by atoms with Gasteiger partial charge in [0.05, 0.1) is 6.61 Å². The molecule has 3 atom stereocenters. The molecule has 4 nitrogen and oxygen atoms in total. The summed E-state index contributed by atoms with van der Waals surface area (Å²) in [4.78, 5) is 13.8. The Bertz CT molecular complexity index is 276. The van der Waals surface area contributed by atoms with Crippen molar-refractivity contribution in [3.8, 4) is 0 Å². The first kappa shape index (κ1) is 10.4. The summed E-state index contributed by atoms with van der Waals surface area (Å²) in [6.45, 7) is 3.71. The molecule has 3 unspecified atom stereocenters. The van der Waals surface area contributed by atoms with Crippen LogP contribution in [0.4, 0.5) is 4.79 Å². The smallest absolute Gasteiger partial charge is 0.410 e. The summed E-state index contributed by atoms with van der Waals surface area (Å²) in [7, 11) is 0. The molecule has 1 aliphatic carbocycles. The van der Waals surface area contributed by atoms with Crippen molar-refractivity contribution in [1.29, 1.82) is 0 Å². The summed E-state index contributed by atoms with van der Waals surface area (Å²) < 4.78 is 5.28.